The number of nitrogens with zero attached hydrogens (tertiary/aromatic N) is 2. The second-order valence-electron chi connectivity index (χ2n) is 8.82. The maximum Gasteiger partial charge on any atom is 0.338 e. The molecule has 0 saturated carbocycles. The third-order valence-electron chi connectivity index (χ3n) is 6.12. The summed E-state index contributed by atoms with van der Waals surface area (Å²) in [4.78, 5) is 43.6. The number of aromatic nitrogens is 1. The van der Waals surface area contributed by atoms with Crippen molar-refractivity contribution < 1.29 is 33.3 Å². The number of hydrogen-bond donors (Lipinski definition) is 0. The monoisotopic (exact) mass is 578 g/mol. The third kappa shape index (κ3) is 6.09. The highest BCUT2D eigenvalue weighted by Gasteiger charge is 2.34. The van der Waals surface area contributed by atoms with E-state index < -0.39 is 18.0 Å². The summed E-state index contributed by atoms with van der Waals surface area (Å²) in [7, 11) is 2.97. The SMILES string of the molecule is C=CCOc1ccc(C=c2sc3n(c2=O)C(c2ccc(OC(C)=O)c(OC)c2)C(C(=O)OCC)=C(C)N=3)cc1OC. The van der Waals surface area contributed by atoms with Gasteiger partial charge in [-0.1, -0.05) is 36.1 Å². The van der Waals surface area contributed by atoms with E-state index >= 15 is 0 Å². The molecule has 41 heavy (non-hydrogen) atoms. The Morgan fingerprint density at radius 1 is 1.07 bits per heavy atom. The Kier molecular flexibility index (Phi) is 9.08. The van der Waals surface area contributed by atoms with E-state index in [0.29, 0.717) is 44.3 Å². The van der Waals surface area contributed by atoms with Crippen LogP contribution < -0.4 is 33.8 Å². The Morgan fingerprint density at radius 3 is 2.44 bits per heavy atom. The van der Waals surface area contributed by atoms with E-state index in [1.54, 1.807) is 56.3 Å². The molecule has 0 radical (unpaired) electrons. The highest BCUT2D eigenvalue weighted by atomic mass is 32.1. The largest absolute Gasteiger partial charge is 0.493 e. The predicted molar refractivity (Wildman–Crippen MR) is 153 cm³/mol. The third-order valence-corrected chi connectivity index (χ3v) is 7.10. The maximum atomic E-state index is 13.9. The summed E-state index contributed by atoms with van der Waals surface area (Å²) in [6.07, 6.45) is 3.37. The second kappa shape index (κ2) is 12.7. The lowest BCUT2D eigenvalue weighted by Gasteiger charge is -2.25. The Labute approximate surface area is 240 Å². The van der Waals surface area contributed by atoms with Crippen LogP contribution in [0.3, 0.4) is 0 Å². The minimum absolute atomic E-state index is 0.149. The molecule has 0 aliphatic carbocycles. The number of carbonyl (C=O) groups is 2. The van der Waals surface area contributed by atoms with Crippen LogP contribution in [0.5, 0.6) is 23.0 Å². The minimum atomic E-state index is -0.864. The van der Waals surface area contributed by atoms with Crippen molar-refractivity contribution in [3.8, 4) is 23.0 Å². The Bertz CT molecular complexity index is 1720. The number of ether oxygens (including phenoxy) is 5. The van der Waals surface area contributed by atoms with Crippen molar-refractivity contribution in [3.05, 3.63) is 91.1 Å². The summed E-state index contributed by atoms with van der Waals surface area (Å²) in [5.41, 5.74) is 1.56. The molecule has 0 N–H and O–H groups in total. The van der Waals surface area contributed by atoms with Gasteiger partial charge in [-0.25, -0.2) is 9.79 Å². The van der Waals surface area contributed by atoms with E-state index in [4.69, 9.17) is 23.7 Å². The summed E-state index contributed by atoms with van der Waals surface area (Å²) in [6, 6.07) is 9.34. The van der Waals surface area contributed by atoms with Crippen molar-refractivity contribution in [1.82, 2.24) is 4.57 Å². The molecule has 1 aromatic heterocycles. The van der Waals surface area contributed by atoms with Gasteiger partial charge in [0, 0.05) is 6.92 Å². The fourth-order valence-corrected chi connectivity index (χ4v) is 5.44. The molecule has 2 heterocycles. The molecular weight excluding hydrogens is 548 g/mol. The quantitative estimate of drug-likeness (QED) is 0.205. The van der Waals surface area contributed by atoms with Crippen LogP contribution in [-0.2, 0) is 14.3 Å². The number of esters is 2. The number of hydrogen-bond acceptors (Lipinski definition) is 10. The van der Waals surface area contributed by atoms with Crippen LogP contribution in [0.2, 0.25) is 0 Å². The molecule has 4 rings (SSSR count). The van der Waals surface area contributed by atoms with Gasteiger partial charge in [-0.05, 0) is 55.3 Å². The minimum Gasteiger partial charge on any atom is -0.493 e. The molecule has 3 aromatic rings. The first-order valence-electron chi connectivity index (χ1n) is 12.7. The molecular formula is C30H30N2O8S. The van der Waals surface area contributed by atoms with Gasteiger partial charge >= 0.3 is 11.9 Å². The molecule has 1 atom stereocenters. The predicted octanol–water partition coefficient (Wildman–Crippen LogP) is 3.31. The van der Waals surface area contributed by atoms with Gasteiger partial charge in [0.2, 0.25) is 0 Å². The zero-order chi connectivity index (χ0) is 29.7. The number of allylic oxidation sites excluding steroid dienone is 1. The summed E-state index contributed by atoms with van der Waals surface area (Å²) in [6.45, 7) is 8.82. The van der Waals surface area contributed by atoms with E-state index in [9.17, 15) is 14.4 Å². The van der Waals surface area contributed by atoms with Gasteiger partial charge in [-0.15, -0.1) is 0 Å². The number of thiazole rings is 1. The zero-order valence-electron chi connectivity index (χ0n) is 23.4. The number of benzene rings is 2. The van der Waals surface area contributed by atoms with E-state index in [1.165, 1.54) is 37.0 Å². The van der Waals surface area contributed by atoms with Crippen LogP contribution >= 0.6 is 11.3 Å². The first-order valence-corrected chi connectivity index (χ1v) is 13.5. The number of rotatable bonds is 10. The van der Waals surface area contributed by atoms with Crippen LogP contribution in [0.15, 0.2) is 70.1 Å². The Balaban J connectivity index is 1.90. The standard InChI is InChI=1S/C30H30N2O8S/c1-7-13-39-21-11-9-19(14-23(21)36-5)15-25-28(34)32-27(20-10-12-22(40-18(4)33)24(16-20)37-6)26(29(35)38-8-2)17(3)31-30(32)41-25/h7,9-12,14-16,27H,1,8,13H2,2-6H3. The molecule has 0 spiro atoms. The van der Waals surface area contributed by atoms with Gasteiger partial charge in [0.05, 0.1) is 42.7 Å². The highest BCUT2D eigenvalue weighted by Crippen LogP contribution is 2.36. The zero-order valence-corrected chi connectivity index (χ0v) is 24.2. The van der Waals surface area contributed by atoms with Crippen LogP contribution in [0.1, 0.15) is 37.9 Å². The fourth-order valence-electron chi connectivity index (χ4n) is 4.39. The van der Waals surface area contributed by atoms with E-state index in [1.807, 2.05) is 6.07 Å². The average molecular weight is 579 g/mol. The van der Waals surface area contributed by atoms with Crippen molar-refractivity contribution in [2.75, 3.05) is 27.4 Å². The van der Waals surface area contributed by atoms with Crippen LogP contribution in [0, 0.1) is 0 Å². The van der Waals surface area contributed by atoms with Gasteiger partial charge in [0.25, 0.3) is 5.56 Å². The summed E-state index contributed by atoms with van der Waals surface area (Å²) in [5, 5.41) is 0. The van der Waals surface area contributed by atoms with Gasteiger partial charge in [-0.3, -0.25) is 14.2 Å². The molecule has 2 aromatic carbocycles. The smallest absolute Gasteiger partial charge is 0.338 e. The van der Waals surface area contributed by atoms with Crippen molar-refractivity contribution >= 4 is 29.4 Å². The molecule has 11 heteroatoms. The summed E-state index contributed by atoms with van der Waals surface area (Å²) in [5.74, 6) is 0.436. The lowest BCUT2D eigenvalue weighted by Crippen LogP contribution is -2.40. The van der Waals surface area contributed by atoms with Crippen molar-refractivity contribution in [1.29, 1.82) is 0 Å². The normalized spacial score (nSPS) is 14.6. The molecule has 0 saturated heterocycles. The Morgan fingerprint density at radius 2 is 1.78 bits per heavy atom. The van der Waals surface area contributed by atoms with Crippen LogP contribution in [0.4, 0.5) is 0 Å². The van der Waals surface area contributed by atoms with Crippen molar-refractivity contribution in [2.24, 2.45) is 4.99 Å². The van der Waals surface area contributed by atoms with Crippen LogP contribution in [-0.4, -0.2) is 43.9 Å². The molecule has 0 fully saturated rings. The molecule has 1 aliphatic rings. The summed E-state index contributed by atoms with van der Waals surface area (Å²) >= 11 is 1.20. The van der Waals surface area contributed by atoms with E-state index in [0.717, 1.165) is 0 Å². The van der Waals surface area contributed by atoms with Crippen molar-refractivity contribution in [3.63, 3.8) is 0 Å². The van der Waals surface area contributed by atoms with Gasteiger partial charge in [0.1, 0.15) is 6.61 Å². The van der Waals surface area contributed by atoms with Crippen molar-refractivity contribution in [2.45, 2.75) is 26.8 Å². The van der Waals surface area contributed by atoms with E-state index in [-0.39, 0.29) is 29.2 Å². The second-order valence-corrected chi connectivity index (χ2v) is 9.83. The molecule has 10 nitrogen and oxygen atoms in total. The first-order chi connectivity index (χ1) is 19.7. The molecule has 0 bridgehead atoms. The fraction of sp³-hybridized carbons (Fsp3) is 0.267. The van der Waals surface area contributed by atoms with Gasteiger partial charge in [-0.2, -0.15) is 0 Å². The maximum absolute atomic E-state index is 13.9. The molecule has 1 aliphatic heterocycles. The number of carbonyl (C=O) groups excluding carboxylic acids is 2. The lowest BCUT2D eigenvalue weighted by atomic mass is 9.95. The first kappa shape index (κ1) is 29.3. The lowest BCUT2D eigenvalue weighted by molar-refractivity contribution is -0.139. The molecule has 1 unspecified atom stereocenters. The number of methoxy groups -OCH3 is 2. The number of fused-ring (bicyclic) bond motifs is 1. The van der Waals surface area contributed by atoms with Gasteiger partial charge in [0.15, 0.2) is 27.8 Å². The average Bonchev–Trinajstić information content (AvgIpc) is 3.25. The topological polar surface area (TPSA) is 115 Å². The summed E-state index contributed by atoms with van der Waals surface area (Å²) < 4.78 is 29.0. The van der Waals surface area contributed by atoms with Gasteiger partial charge < -0.3 is 23.7 Å². The highest BCUT2D eigenvalue weighted by molar-refractivity contribution is 7.07. The van der Waals surface area contributed by atoms with Crippen LogP contribution in [0.25, 0.3) is 6.08 Å². The molecule has 214 valence electrons. The molecule has 0 amide bonds. The Hall–Kier alpha value is -4.64. The van der Waals surface area contributed by atoms with E-state index in [2.05, 4.69) is 11.6 Å².